The lowest BCUT2D eigenvalue weighted by Gasteiger charge is -2.10. The van der Waals surface area contributed by atoms with Crippen molar-refractivity contribution in [2.75, 3.05) is 5.32 Å². The summed E-state index contributed by atoms with van der Waals surface area (Å²) in [5.41, 5.74) is 1.69. The van der Waals surface area contributed by atoms with E-state index in [-0.39, 0.29) is 17.3 Å². The zero-order valence-corrected chi connectivity index (χ0v) is 14.7. The topological polar surface area (TPSA) is 46.9 Å². The lowest BCUT2D eigenvalue weighted by atomic mass is 10.1. The van der Waals surface area contributed by atoms with Gasteiger partial charge >= 0.3 is 0 Å². The molecular formula is C20H17F4N3O. The van der Waals surface area contributed by atoms with Crippen LogP contribution in [-0.4, -0.2) is 28.3 Å². The van der Waals surface area contributed by atoms with E-state index in [9.17, 15) is 22.4 Å². The zero-order valence-electron chi connectivity index (χ0n) is 14.7. The summed E-state index contributed by atoms with van der Waals surface area (Å²) in [6, 6.07) is 10.4. The fourth-order valence-corrected chi connectivity index (χ4v) is 3.24. The minimum atomic E-state index is -3.12. The monoisotopic (exact) mass is 391 g/mol. The van der Waals surface area contributed by atoms with E-state index in [1.807, 2.05) is 6.07 Å². The Morgan fingerprint density at radius 2 is 1.86 bits per heavy atom. The van der Waals surface area contributed by atoms with Gasteiger partial charge in [-0.15, -0.1) is 0 Å². The summed E-state index contributed by atoms with van der Waals surface area (Å²) in [5.74, 6) is -0.548. The maximum atomic E-state index is 13.7. The second kappa shape index (κ2) is 7.26. The summed E-state index contributed by atoms with van der Waals surface area (Å²) in [6.07, 6.45) is -3.55. The SMILES string of the molecule is O=C(Nc1nn(CC(F)C(F)F)c2c(C3CC3)cccc12)c1ccc(F)cc1. The Morgan fingerprint density at radius 3 is 2.50 bits per heavy atom. The summed E-state index contributed by atoms with van der Waals surface area (Å²) in [7, 11) is 0. The first-order valence-corrected chi connectivity index (χ1v) is 8.92. The molecular weight excluding hydrogens is 374 g/mol. The predicted molar refractivity (Wildman–Crippen MR) is 97.0 cm³/mol. The van der Waals surface area contributed by atoms with Gasteiger partial charge in [0.25, 0.3) is 12.3 Å². The lowest BCUT2D eigenvalue weighted by Crippen LogP contribution is -2.21. The van der Waals surface area contributed by atoms with E-state index in [4.69, 9.17) is 0 Å². The number of nitrogens with zero attached hydrogens (tertiary/aromatic N) is 2. The van der Waals surface area contributed by atoms with Crippen molar-refractivity contribution in [1.82, 2.24) is 9.78 Å². The Bertz CT molecular complexity index is 1010. The average molecular weight is 391 g/mol. The van der Waals surface area contributed by atoms with E-state index in [0.717, 1.165) is 30.5 Å². The molecule has 8 heteroatoms. The molecule has 0 radical (unpaired) electrons. The van der Waals surface area contributed by atoms with Crippen LogP contribution in [0.5, 0.6) is 0 Å². The first-order chi connectivity index (χ1) is 13.4. The van der Waals surface area contributed by atoms with Crippen molar-refractivity contribution in [1.29, 1.82) is 0 Å². The van der Waals surface area contributed by atoms with Crippen LogP contribution in [0.15, 0.2) is 42.5 Å². The Morgan fingerprint density at radius 1 is 1.14 bits per heavy atom. The highest BCUT2D eigenvalue weighted by Gasteiger charge is 2.29. The van der Waals surface area contributed by atoms with E-state index >= 15 is 0 Å². The summed E-state index contributed by atoms with van der Waals surface area (Å²) < 4.78 is 53.5. The van der Waals surface area contributed by atoms with Crippen LogP contribution < -0.4 is 5.32 Å². The number of carbonyl (C=O) groups is 1. The number of rotatable bonds is 6. The van der Waals surface area contributed by atoms with Gasteiger partial charge in [0.15, 0.2) is 12.0 Å². The molecule has 0 aliphatic heterocycles. The number of hydrogen-bond acceptors (Lipinski definition) is 2. The number of benzene rings is 2. The molecule has 4 rings (SSSR count). The molecule has 1 fully saturated rings. The predicted octanol–water partition coefficient (Wildman–Crippen LogP) is 4.91. The molecule has 1 heterocycles. The molecule has 0 spiro atoms. The van der Waals surface area contributed by atoms with E-state index in [2.05, 4.69) is 10.4 Å². The zero-order chi connectivity index (χ0) is 19.8. The third kappa shape index (κ3) is 3.58. The normalized spacial score (nSPS) is 15.2. The first kappa shape index (κ1) is 18.5. The molecule has 0 saturated heterocycles. The number of hydrogen-bond donors (Lipinski definition) is 1. The van der Waals surface area contributed by atoms with Crippen LogP contribution in [0.25, 0.3) is 10.9 Å². The van der Waals surface area contributed by atoms with Crippen LogP contribution >= 0.6 is 0 Å². The molecule has 1 atom stereocenters. The van der Waals surface area contributed by atoms with Crippen LogP contribution in [0.1, 0.15) is 34.7 Å². The second-order valence-electron chi connectivity index (χ2n) is 6.86. The van der Waals surface area contributed by atoms with Gasteiger partial charge in [0, 0.05) is 10.9 Å². The number of anilines is 1. The minimum absolute atomic E-state index is 0.160. The Kier molecular flexibility index (Phi) is 4.78. The number of nitrogens with one attached hydrogen (secondary N) is 1. The largest absolute Gasteiger partial charge is 0.305 e. The van der Waals surface area contributed by atoms with Crippen LogP contribution in [0.4, 0.5) is 23.4 Å². The molecule has 28 heavy (non-hydrogen) atoms. The summed E-state index contributed by atoms with van der Waals surface area (Å²) in [4.78, 5) is 12.5. The number of amides is 1. The van der Waals surface area contributed by atoms with Crippen molar-refractivity contribution in [2.24, 2.45) is 0 Å². The van der Waals surface area contributed by atoms with Crippen molar-refractivity contribution in [2.45, 2.75) is 37.9 Å². The molecule has 1 N–H and O–H groups in total. The minimum Gasteiger partial charge on any atom is -0.305 e. The van der Waals surface area contributed by atoms with Crippen molar-refractivity contribution in [3.8, 4) is 0 Å². The van der Waals surface area contributed by atoms with Gasteiger partial charge < -0.3 is 5.32 Å². The van der Waals surface area contributed by atoms with Gasteiger partial charge in [0.1, 0.15) is 5.82 Å². The van der Waals surface area contributed by atoms with Crippen molar-refractivity contribution in [3.05, 3.63) is 59.4 Å². The molecule has 1 aliphatic rings. The van der Waals surface area contributed by atoms with Crippen LogP contribution in [0.2, 0.25) is 0 Å². The summed E-state index contributed by atoms with van der Waals surface area (Å²) in [5, 5.41) is 7.39. The van der Waals surface area contributed by atoms with Crippen molar-refractivity contribution >= 4 is 22.6 Å². The molecule has 0 bridgehead atoms. The molecule has 1 unspecified atom stereocenters. The molecule has 2 aromatic carbocycles. The maximum Gasteiger partial charge on any atom is 0.271 e. The van der Waals surface area contributed by atoms with Crippen LogP contribution in [-0.2, 0) is 6.54 Å². The van der Waals surface area contributed by atoms with Crippen molar-refractivity contribution in [3.63, 3.8) is 0 Å². The average Bonchev–Trinajstić information content (AvgIpc) is 3.46. The van der Waals surface area contributed by atoms with Gasteiger partial charge in [0.2, 0.25) is 0 Å². The fourth-order valence-electron chi connectivity index (χ4n) is 3.24. The highest BCUT2D eigenvalue weighted by Crippen LogP contribution is 2.44. The standard InChI is InChI=1S/C20H17F4N3O/c21-13-8-6-12(7-9-13)20(28)25-19-15-3-1-2-14(11-4-5-11)17(15)27(26-19)10-16(22)18(23)24/h1-3,6-9,11,16,18H,4-5,10H2,(H,25,26,28). The first-order valence-electron chi connectivity index (χ1n) is 8.92. The van der Waals surface area contributed by atoms with E-state index in [1.165, 1.54) is 16.8 Å². The number of aromatic nitrogens is 2. The number of halogens is 4. The highest BCUT2D eigenvalue weighted by molar-refractivity contribution is 6.08. The van der Waals surface area contributed by atoms with Crippen LogP contribution in [0, 0.1) is 5.82 Å². The van der Waals surface area contributed by atoms with Gasteiger partial charge in [-0.05, 0) is 54.7 Å². The van der Waals surface area contributed by atoms with Gasteiger partial charge in [0.05, 0.1) is 12.1 Å². The van der Waals surface area contributed by atoms with Gasteiger partial charge in [-0.2, -0.15) is 5.10 Å². The quantitative estimate of drug-likeness (QED) is 0.607. The van der Waals surface area contributed by atoms with E-state index in [1.54, 1.807) is 12.1 Å². The second-order valence-corrected chi connectivity index (χ2v) is 6.86. The highest BCUT2D eigenvalue weighted by atomic mass is 19.3. The van der Waals surface area contributed by atoms with Gasteiger partial charge in [-0.3, -0.25) is 9.48 Å². The fraction of sp³-hybridized carbons (Fsp3) is 0.300. The molecule has 4 nitrogen and oxygen atoms in total. The number of alkyl halides is 3. The van der Waals surface area contributed by atoms with E-state index in [0.29, 0.717) is 10.9 Å². The van der Waals surface area contributed by atoms with E-state index < -0.39 is 30.9 Å². The lowest BCUT2D eigenvalue weighted by molar-refractivity contribution is 0.0394. The number of para-hydroxylation sites is 1. The summed E-state index contributed by atoms with van der Waals surface area (Å²) >= 11 is 0. The molecule has 1 aromatic heterocycles. The van der Waals surface area contributed by atoms with Gasteiger partial charge in [-0.1, -0.05) is 12.1 Å². The molecule has 146 valence electrons. The molecule has 1 aliphatic carbocycles. The molecule has 1 saturated carbocycles. The molecule has 1 amide bonds. The molecule has 3 aromatic rings. The Balaban J connectivity index is 1.72. The van der Waals surface area contributed by atoms with Crippen LogP contribution in [0.3, 0.4) is 0 Å². The van der Waals surface area contributed by atoms with Gasteiger partial charge in [-0.25, -0.2) is 17.6 Å². The maximum absolute atomic E-state index is 13.7. The summed E-state index contributed by atoms with van der Waals surface area (Å²) in [6.45, 7) is -0.607. The Labute approximate surface area is 158 Å². The Hall–Kier alpha value is -2.90. The third-order valence-electron chi connectivity index (χ3n) is 4.78. The number of fused-ring (bicyclic) bond motifs is 1. The number of carbonyl (C=O) groups excluding carboxylic acids is 1. The third-order valence-corrected chi connectivity index (χ3v) is 4.78. The van der Waals surface area contributed by atoms with Crippen molar-refractivity contribution < 1.29 is 22.4 Å². The smallest absolute Gasteiger partial charge is 0.271 e.